The highest BCUT2D eigenvalue weighted by atomic mass is 32.2. The van der Waals surface area contributed by atoms with Gasteiger partial charge in [0.1, 0.15) is 5.82 Å². The molecular formula is C13H20N4O3S. The predicted octanol–water partition coefficient (Wildman–Crippen LogP) is 0.0177. The molecule has 2 saturated heterocycles. The van der Waals surface area contributed by atoms with Crippen LogP contribution in [0.4, 0.5) is 0 Å². The highest BCUT2D eigenvalue weighted by molar-refractivity contribution is 7.89. The number of fused-ring (bicyclic) bond motifs is 1. The molecule has 0 aromatic carbocycles. The number of sulfonamides is 1. The summed E-state index contributed by atoms with van der Waals surface area (Å²) in [6, 6.07) is 0.114. The molecule has 1 N–H and O–H groups in total. The van der Waals surface area contributed by atoms with E-state index in [1.807, 2.05) is 0 Å². The van der Waals surface area contributed by atoms with Crippen molar-refractivity contribution in [2.75, 3.05) is 13.1 Å². The zero-order chi connectivity index (χ0) is 15.2. The summed E-state index contributed by atoms with van der Waals surface area (Å²) in [5.41, 5.74) is 0. The quantitative estimate of drug-likeness (QED) is 0.834. The highest BCUT2D eigenvalue weighted by Gasteiger charge is 2.39. The van der Waals surface area contributed by atoms with E-state index in [1.165, 1.54) is 4.31 Å². The third-order valence-corrected chi connectivity index (χ3v) is 6.21. The predicted molar refractivity (Wildman–Crippen MR) is 76.0 cm³/mol. The molecule has 7 nitrogen and oxygen atoms in total. The number of hydrogen-bond acceptors (Lipinski definition) is 4. The summed E-state index contributed by atoms with van der Waals surface area (Å²) >= 11 is 0. The number of imidazole rings is 1. The van der Waals surface area contributed by atoms with Crippen molar-refractivity contribution in [1.29, 1.82) is 0 Å². The van der Waals surface area contributed by atoms with E-state index >= 15 is 0 Å². The van der Waals surface area contributed by atoms with Gasteiger partial charge in [-0.25, -0.2) is 13.4 Å². The van der Waals surface area contributed by atoms with Crippen LogP contribution in [0.25, 0.3) is 0 Å². The smallest absolute Gasteiger partial charge is 0.262 e. The fourth-order valence-corrected chi connectivity index (χ4v) is 4.61. The molecule has 2 atom stereocenters. The van der Waals surface area contributed by atoms with Gasteiger partial charge in [-0.05, 0) is 25.7 Å². The van der Waals surface area contributed by atoms with E-state index in [4.69, 9.17) is 0 Å². The third-order valence-electron chi connectivity index (χ3n) is 4.48. The second-order valence-corrected chi connectivity index (χ2v) is 7.75. The van der Waals surface area contributed by atoms with E-state index in [0.717, 1.165) is 6.42 Å². The van der Waals surface area contributed by atoms with Crippen LogP contribution in [-0.4, -0.2) is 47.3 Å². The van der Waals surface area contributed by atoms with Gasteiger partial charge >= 0.3 is 0 Å². The van der Waals surface area contributed by atoms with E-state index < -0.39 is 10.0 Å². The lowest BCUT2D eigenvalue weighted by Gasteiger charge is -2.40. The second-order valence-electron chi connectivity index (χ2n) is 5.86. The topological polar surface area (TPSA) is 84.3 Å². The van der Waals surface area contributed by atoms with Gasteiger partial charge in [-0.1, -0.05) is 0 Å². The summed E-state index contributed by atoms with van der Waals surface area (Å²) in [6.07, 6.45) is 3.46. The van der Waals surface area contributed by atoms with Gasteiger partial charge < -0.3 is 9.88 Å². The molecule has 2 unspecified atom stereocenters. The molecule has 2 aliphatic rings. The molecule has 0 radical (unpaired) electrons. The summed E-state index contributed by atoms with van der Waals surface area (Å²) < 4.78 is 28.5. The van der Waals surface area contributed by atoms with Gasteiger partial charge in [0.25, 0.3) is 10.0 Å². The largest absolute Gasteiger partial charge is 0.353 e. The molecule has 1 amide bonds. The molecule has 0 spiro atoms. The number of nitrogens with zero attached hydrogens (tertiary/aromatic N) is 3. The standard InChI is InChI=1S/C13H20N4O3S/c1-9-14-13(8-16(9)2)21(19,20)17-6-5-11-10(7-17)3-4-12(18)15-11/h8,10-11H,3-7H2,1-2H3,(H,15,18). The van der Waals surface area contributed by atoms with Gasteiger partial charge in [-0.2, -0.15) is 4.31 Å². The summed E-state index contributed by atoms with van der Waals surface area (Å²) in [5, 5.41) is 3.07. The minimum absolute atomic E-state index is 0.0768. The molecule has 3 rings (SSSR count). The SMILES string of the molecule is Cc1nc(S(=O)(=O)N2CCC3NC(=O)CCC3C2)cn1C. The van der Waals surface area contributed by atoms with Crippen molar-refractivity contribution in [3.05, 3.63) is 12.0 Å². The van der Waals surface area contributed by atoms with E-state index in [9.17, 15) is 13.2 Å². The fourth-order valence-electron chi connectivity index (χ4n) is 3.08. The van der Waals surface area contributed by atoms with Crippen LogP contribution in [-0.2, 0) is 21.9 Å². The molecule has 116 valence electrons. The van der Waals surface area contributed by atoms with Crippen LogP contribution in [0.15, 0.2) is 11.2 Å². The van der Waals surface area contributed by atoms with Crippen molar-refractivity contribution in [1.82, 2.24) is 19.2 Å². The molecule has 21 heavy (non-hydrogen) atoms. The van der Waals surface area contributed by atoms with Gasteiger partial charge in [0.05, 0.1) is 0 Å². The first-order chi connectivity index (χ1) is 9.88. The molecular weight excluding hydrogens is 292 g/mol. The molecule has 8 heteroatoms. The maximum Gasteiger partial charge on any atom is 0.262 e. The number of aryl methyl sites for hydroxylation is 2. The molecule has 3 heterocycles. The molecule has 2 fully saturated rings. The summed E-state index contributed by atoms with van der Waals surface area (Å²) in [4.78, 5) is 15.5. The van der Waals surface area contributed by atoms with Gasteiger partial charge in [-0.15, -0.1) is 0 Å². The number of nitrogens with one attached hydrogen (secondary N) is 1. The average molecular weight is 312 g/mol. The Kier molecular flexibility index (Phi) is 3.53. The summed E-state index contributed by atoms with van der Waals surface area (Å²) in [5.74, 6) is 0.956. The van der Waals surface area contributed by atoms with Crippen LogP contribution in [0.2, 0.25) is 0 Å². The van der Waals surface area contributed by atoms with E-state index in [0.29, 0.717) is 31.8 Å². The maximum absolute atomic E-state index is 12.7. The van der Waals surface area contributed by atoms with Crippen molar-refractivity contribution < 1.29 is 13.2 Å². The Hall–Kier alpha value is -1.41. The summed E-state index contributed by atoms with van der Waals surface area (Å²) in [7, 11) is -1.76. The first-order valence-electron chi connectivity index (χ1n) is 7.17. The van der Waals surface area contributed by atoms with E-state index in [-0.39, 0.29) is 22.9 Å². The Balaban J connectivity index is 1.80. The summed E-state index contributed by atoms with van der Waals surface area (Å²) in [6.45, 7) is 2.67. The van der Waals surface area contributed by atoms with Crippen LogP contribution >= 0.6 is 0 Å². The average Bonchev–Trinajstić information content (AvgIpc) is 2.78. The molecule has 1 aromatic rings. The normalized spacial score (nSPS) is 27.2. The Labute approximate surface area is 124 Å². The maximum atomic E-state index is 12.7. The molecule has 2 aliphatic heterocycles. The van der Waals surface area contributed by atoms with Gasteiger partial charge in [-0.3, -0.25) is 4.79 Å². The number of hydrogen-bond donors (Lipinski definition) is 1. The number of carbonyl (C=O) groups excluding carboxylic acids is 1. The fraction of sp³-hybridized carbons (Fsp3) is 0.692. The molecule has 0 saturated carbocycles. The first-order valence-corrected chi connectivity index (χ1v) is 8.61. The minimum Gasteiger partial charge on any atom is -0.353 e. The van der Waals surface area contributed by atoms with Crippen molar-refractivity contribution in [3.63, 3.8) is 0 Å². The van der Waals surface area contributed by atoms with E-state index in [1.54, 1.807) is 24.7 Å². The van der Waals surface area contributed by atoms with Crippen LogP contribution < -0.4 is 5.32 Å². The molecule has 0 aliphatic carbocycles. The van der Waals surface area contributed by atoms with Gasteiger partial charge in [0, 0.05) is 38.8 Å². The number of rotatable bonds is 2. The lowest BCUT2D eigenvalue weighted by atomic mass is 9.86. The van der Waals surface area contributed by atoms with Crippen LogP contribution in [0.5, 0.6) is 0 Å². The second kappa shape index (κ2) is 5.10. The number of carbonyl (C=O) groups is 1. The zero-order valence-corrected chi connectivity index (χ0v) is 13.1. The molecule has 0 bridgehead atoms. The monoisotopic (exact) mass is 312 g/mol. The lowest BCUT2D eigenvalue weighted by molar-refractivity contribution is -0.124. The van der Waals surface area contributed by atoms with Crippen molar-refractivity contribution >= 4 is 15.9 Å². The highest BCUT2D eigenvalue weighted by Crippen LogP contribution is 2.28. The number of aromatic nitrogens is 2. The van der Waals surface area contributed by atoms with Crippen LogP contribution in [0.1, 0.15) is 25.1 Å². The van der Waals surface area contributed by atoms with Crippen molar-refractivity contribution in [3.8, 4) is 0 Å². The van der Waals surface area contributed by atoms with Crippen molar-refractivity contribution in [2.24, 2.45) is 13.0 Å². The van der Waals surface area contributed by atoms with Crippen LogP contribution in [0.3, 0.4) is 0 Å². The Morgan fingerprint density at radius 1 is 1.38 bits per heavy atom. The molecule has 1 aromatic heterocycles. The van der Waals surface area contributed by atoms with Gasteiger partial charge in [0.2, 0.25) is 5.91 Å². The Bertz CT molecular complexity index is 647. The van der Waals surface area contributed by atoms with Crippen LogP contribution in [0, 0.1) is 12.8 Å². The lowest BCUT2D eigenvalue weighted by Crippen LogP contribution is -2.55. The first kappa shape index (κ1) is 14.5. The zero-order valence-electron chi connectivity index (χ0n) is 12.2. The number of piperidine rings is 2. The van der Waals surface area contributed by atoms with Gasteiger partial charge in [0.15, 0.2) is 5.03 Å². The minimum atomic E-state index is -3.54. The number of amides is 1. The van der Waals surface area contributed by atoms with E-state index in [2.05, 4.69) is 10.3 Å². The Morgan fingerprint density at radius 2 is 2.14 bits per heavy atom. The Morgan fingerprint density at radius 3 is 2.81 bits per heavy atom. The third kappa shape index (κ3) is 2.57. The van der Waals surface area contributed by atoms with Crippen molar-refractivity contribution in [2.45, 2.75) is 37.3 Å².